The van der Waals surface area contributed by atoms with Gasteiger partial charge in [0.15, 0.2) is 5.13 Å². The van der Waals surface area contributed by atoms with Crippen molar-refractivity contribution in [2.24, 2.45) is 0 Å². The van der Waals surface area contributed by atoms with E-state index < -0.39 is 10.0 Å². The van der Waals surface area contributed by atoms with Gasteiger partial charge in [0.25, 0.3) is 10.0 Å². The molecule has 2 aromatic rings. The highest BCUT2D eigenvalue weighted by Crippen LogP contribution is 2.29. The lowest BCUT2D eigenvalue weighted by molar-refractivity contribution is 0.601. The zero-order valence-electron chi connectivity index (χ0n) is 10.7. The second kappa shape index (κ2) is 5.73. The Morgan fingerprint density at radius 2 is 2.10 bits per heavy atom. The van der Waals surface area contributed by atoms with Gasteiger partial charge in [0.1, 0.15) is 0 Å². The fourth-order valence-electron chi connectivity index (χ4n) is 1.99. The van der Waals surface area contributed by atoms with Crippen molar-refractivity contribution in [1.29, 1.82) is 0 Å². The maximum absolute atomic E-state index is 12.3. The lowest BCUT2D eigenvalue weighted by atomic mass is 10.2. The summed E-state index contributed by atoms with van der Waals surface area (Å²) in [6, 6.07) is 4.18. The van der Waals surface area contributed by atoms with Crippen LogP contribution in [0.25, 0.3) is 0 Å². The normalized spacial score (nSPS) is 14.8. The lowest BCUT2D eigenvalue weighted by Crippen LogP contribution is -2.22. The Labute approximate surface area is 136 Å². The van der Waals surface area contributed by atoms with E-state index in [-0.39, 0.29) is 9.92 Å². The maximum atomic E-state index is 12.3. The van der Waals surface area contributed by atoms with Gasteiger partial charge in [0.05, 0.1) is 20.6 Å². The molecule has 0 radical (unpaired) electrons. The van der Waals surface area contributed by atoms with Crippen LogP contribution in [0.15, 0.2) is 23.1 Å². The first-order valence-electron chi connectivity index (χ1n) is 6.13. The van der Waals surface area contributed by atoms with Crippen LogP contribution in [0.1, 0.15) is 10.6 Å². The van der Waals surface area contributed by atoms with Crippen molar-refractivity contribution in [3.05, 3.63) is 38.8 Å². The minimum atomic E-state index is -3.72. The molecular formula is C12H11Cl2N3O2S2. The molecule has 2 N–H and O–H groups in total. The molecule has 0 fully saturated rings. The third kappa shape index (κ3) is 3.17. The summed E-state index contributed by atoms with van der Waals surface area (Å²) in [7, 11) is -3.72. The van der Waals surface area contributed by atoms with Crippen molar-refractivity contribution in [2.45, 2.75) is 17.9 Å². The van der Waals surface area contributed by atoms with Gasteiger partial charge < -0.3 is 5.32 Å². The zero-order valence-corrected chi connectivity index (χ0v) is 13.8. The van der Waals surface area contributed by atoms with Gasteiger partial charge in [-0.2, -0.15) is 0 Å². The molecule has 112 valence electrons. The van der Waals surface area contributed by atoms with Crippen molar-refractivity contribution in [2.75, 3.05) is 11.3 Å². The molecule has 21 heavy (non-hydrogen) atoms. The van der Waals surface area contributed by atoms with Crippen LogP contribution in [0.2, 0.25) is 10.0 Å². The van der Waals surface area contributed by atoms with Crippen LogP contribution in [0.3, 0.4) is 0 Å². The third-order valence-electron chi connectivity index (χ3n) is 3.03. The summed E-state index contributed by atoms with van der Waals surface area (Å²) in [6.45, 7) is 1.58. The maximum Gasteiger partial charge on any atom is 0.263 e. The van der Waals surface area contributed by atoms with E-state index in [1.165, 1.54) is 29.5 Å². The van der Waals surface area contributed by atoms with E-state index in [4.69, 9.17) is 23.2 Å². The van der Waals surface area contributed by atoms with Crippen molar-refractivity contribution < 1.29 is 8.42 Å². The Kier molecular flexibility index (Phi) is 4.11. The Morgan fingerprint density at radius 1 is 1.29 bits per heavy atom. The molecule has 1 aliphatic heterocycles. The predicted octanol–water partition coefficient (Wildman–Crippen LogP) is 2.90. The van der Waals surface area contributed by atoms with E-state index in [1.807, 2.05) is 0 Å². The largest absolute Gasteiger partial charge is 0.311 e. The number of halogens is 2. The van der Waals surface area contributed by atoms with E-state index in [9.17, 15) is 8.42 Å². The Morgan fingerprint density at radius 3 is 2.81 bits per heavy atom. The first-order chi connectivity index (χ1) is 9.95. The minimum absolute atomic E-state index is 0.0585. The summed E-state index contributed by atoms with van der Waals surface area (Å²) in [5.41, 5.74) is 0.950. The average Bonchev–Trinajstić information content (AvgIpc) is 2.82. The van der Waals surface area contributed by atoms with Gasteiger partial charge in [0.2, 0.25) is 0 Å². The molecular weight excluding hydrogens is 353 g/mol. The van der Waals surface area contributed by atoms with Crippen LogP contribution in [0.4, 0.5) is 5.13 Å². The van der Waals surface area contributed by atoms with E-state index >= 15 is 0 Å². The summed E-state index contributed by atoms with van der Waals surface area (Å²) in [4.78, 5) is 5.45. The summed E-state index contributed by atoms with van der Waals surface area (Å²) in [5.74, 6) is 0. The summed E-state index contributed by atoms with van der Waals surface area (Å²) < 4.78 is 27.1. The molecule has 5 nitrogen and oxygen atoms in total. The molecule has 0 unspecified atom stereocenters. The molecule has 1 aliphatic rings. The molecule has 0 aliphatic carbocycles. The van der Waals surface area contributed by atoms with Crippen molar-refractivity contribution in [1.82, 2.24) is 10.3 Å². The highest BCUT2D eigenvalue weighted by molar-refractivity contribution is 7.93. The number of nitrogens with one attached hydrogen (secondary N) is 2. The second-order valence-corrected chi connectivity index (χ2v) is 8.08. The smallest absolute Gasteiger partial charge is 0.263 e. The standard InChI is InChI=1S/C12H11Cl2N3O2S2/c13-8-2-1-7(5-9(8)14)21(18,19)17-12-16-10-3-4-15-6-11(10)20-12/h1-2,5,15H,3-4,6H2,(H,16,17). The van der Waals surface area contributed by atoms with Crippen LogP contribution in [-0.4, -0.2) is 19.9 Å². The van der Waals surface area contributed by atoms with Crippen LogP contribution in [0.5, 0.6) is 0 Å². The summed E-state index contributed by atoms with van der Waals surface area (Å²) in [6.07, 6.45) is 0.806. The second-order valence-electron chi connectivity index (χ2n) is 4.50. The monoisotopic (exact) mass is 363 g/mol. The molecule has 0 amide bonds. The van der Waals surface area contributed by atoms with Gasteiger partial charge >= 0.3 is 0 Å². The molecule has 1 aromatic carbocycles. The number of thiazole rings is 1. The molecule has 3 rings (SSSR count). The number of aromatic nitrogens is 1. The van der Waals surface area contributed by atoms with E-state index in [1.54, 1.807) is 0 Å². The first kappa shape index (κ1) is 15.1. The van der Waals surface area contributed by atoms with Crippen LogP contribution < -0.4 is 10.0 Å². The summed E-state index contributed by atoms with van der Waals surface area (Å²) >= 11 is 13.0. The Balaban J connectivity index is 1.88. The number of fused-ring (bicyclic) bond motifs is 1. The SMILES string of the molecule is O=S(=O)(Nc1nc2c(s1)CNCC2)c1ccc(Cl)c(Cl)c1. The van der Waals surface area contributed by atoms with Gasteiger partial charge in [0, 0.05) is 24.4 Å². The molecule has 0 saturated heterocycles. The highest BCUT2D eigenvalue weighted by atomic mass is 35.5. The fraction of sp³-hybridized carbons (Fsp3) is 0.250. The van der Waals surface area contributed by atoms with Crippen LogP contribution >= 0.6 is 34.5 Å². The lowest BCUT2D eigenvalue weighted by Gasteiger charge is -2.09. The van der Waals surface area contributed by atoms with E-state index in [0.717, 1.165) is 30.1 Å². The molecule has 0 atom stereocenters. The average molecular weight is 364 g/mol. The van der Waals surface area contributed by atoms with E-state index in [2.05, 4.69) is 15.0 Å². The molecule has 1 aromatic heterocycles. The zero-order chi connectivity index (χ0) is 15.0. The predicted molar refractivity (Wildman–Crippen MR) is 84.8 cm³/mol. The topological polar surface area (TPSA) is 71.1 Å². The molecule has 2 heterocycles. The Bertz CT molecular complexity index is 766. The number of hydrogen-bond acceptors (Lipinski definition) is 5. The van der Waals surface area contributed by atoms with Crippen molar-refractivity contribution in [3.8, 4) is 0 Å². The van der Waals surface area contributed by atoms with Crippen molar-refractivity contribution >= 4 is 49.7 Å². The summed E-state index contributed by atoms with van der Waals surface area (Å²) in [5, 5.41) is 4.10. The number of benzene rings is 1. The van der Waals surface area contributed by atoms with Gasteiger partial charge in [-0.15, -0.1) is 0 Å². The number of nitrogens with zero attached hydrogens (tertiary/aromatic N) is 1. The molecule has 0 saturated carbocycles. The molecule has 9 heteroatoms. The minimum Gasteiger partial charge on any atom is -0.311 e. The number of rotatable bonds is 3. The molecule has 0 spiro atoms. The van der Waals surface area contributed by atoms with Crippen LogP contribution in [-0.2, 0) is 23.0 Å². The number of sulfonamides is 1. The number of hydrogen-bond donors (Lipinski definition) is 2. The fourth-order valence-corrected chi connectivity index (χ4v) is 4.59. The van der Waals surface area contributed by atoms with Gasteiger partial charge in [-0.1, -0.05) is 34.5 Å². The third-order valence-corrected chi connectivity index (χ3v) is 6.24. The van der Waals surface area contributed by atoms with Crippen LogP contribution in [0, 0.1) is 0 Å². The van der Waals surface area contributed by atoms with E-state index in [0.29, 0.717) is 10.2 Å². The van der Waals surface area contributed by atoms with Gasteiger partial charge in [-0.25, -0.2) is 13.4 Å². The highest BCUT2D eigenvalue weighted by Gasteiger charge is 2.20. The van der Waals surface area contributed by atoms with Gasteiger partial charge in [-0.3, -0.25) is 4.72 Å². The first-order valence-corrected chi connectivity index (χ1v) is 9.18. The number of anilines is 1. The van der Waals surface area contributed by atoms with Crippen molar-refractivity contribution in [3.63, 3.8) is 0 Å². The quantitative estimate of drug-likeness (QED) is 0.879. The van der Waals surface area contributed by atoms with Gasteiger partial charge in [-0.05, 0) is 18.2 Å². The molecule has 0 bridgehead atoms. The Hall–Kier alpha value is -0.860.